The number of benzene rings is 2. The second-order valence-electron chi connectivity index (χ2n) is 7.35. The van der Waals surface area contributed by atoms with Crippen molar-refractivity contribution < 1.29 is 27.9 Å². The fourth-order valence-corrected chi connectivity index (χ4v) is 3.57. The van der Waals surface area contributed by atoms with E-state index >= 15 is 0 Å². The second kappa shape index (κ2) is 10.1. The minimum Gasteiger partial charge on any atom is -0.469 e. The first kappa shape index (κ1) is 22.4. The molecular formula is C23H24F2N2O4. The third-order valence-electron chi connectivity index (χ3n) is 5.24. The van der Waals surface area contributed by atoms with Crippen molar-refractivity contribution >= 4 is 23.5 Å². The van der Waals surface area contributed by atoms with E-state index in [9.17, 15) is 23.2 Å². The van der Waals surface area contributed by atoms with Crippen molar-refractivity contribution in [3.63, 3.8) is 0 Å². The third kappa shape index (κ3) is 5.65. The van der Waals surface area contributed by atoms with Crippen LogP contribution in [0, 0.1) is 11.6 Å². The zero-order valence-corrected chi connectivity index (χ0v) is 17.3. The number of carbonyl (C=O) groups excluding carboxylic acids is 3. The molecule has 2 aromatic rings. The molecule has 1 aliphatic rings. The molecule has 164 valence electrons. The fraction of sp³-hybridized carbons (Fsp3) is 0.348. The lowest BCUT2D eigenvalue weighted by Gasteiger charge is -2.28. The molecule has 0 atom stereocenters. The van der Waals surface area contributed by atoms with Gasteiger partial charge in [0.1, 0.15) is 6.54 Å². The van der Waals surface area contributed by atoms with E-state index in [1.807, 2.05) is 18.2 Å². The van der Waals surface area contributed by atoms with E-state index in [0.29, 0.717) is 24.1 Å². The van der Waals surface area contributed by atoms with Gasteiger partial charge in [0, 0.05) is 25.2 Å². The number of aryl methyl sites for hydroxylation is 1. The lowest BCUT2D eigenvalue weighted by molar-refractivity contribution is -0.142. The maximum atomic E-state index is 13.6. The molecule has 0 bridgehead atoms. The van der Waals surface area contributed by atoms with Crippen LogP contribution >= 0.6 is 0 Å². The first-order chi connectivity index (χ1) is 14.9. The largest absolute Gasteiger partial charge is 0.469 e. The smallest absolute Gasteiger partial charge is 0.307 e. The van der Waals surface area contributed by atoms with Crippen molar-refractivity contribution in [1.82, 2.24) is 4.90 Å². The van der Waals surface area contributed by atoms with Crippen LogP contribution in [0.15, 0.2) is 42.5 Å². The Morgan fingerprint density at radius 1 is 1.10 bits per heavy atom. The van der Waals surface area contributed by atoms with E-state index in [2.05, 4.69) is 4.74 Å². The summed E-state index contributed by atoms with van der Waals surface area (Å²) in [4.78, 5) is 40.2. The van der Waals surface area contributed by atoms with E-state index in [0.717, 1.165) is 24.1 Å². The molecule has 0 aliphatic carbocycles. The Kier molecular flexibility index (Phi) is 7.33. The molecule has 0 aromatic heterocycles. The number of carbonyl (C=O) groups is 3. The summed E-state index contributed by atoms with van der Waals surface area (Å²) >= 11 is 0. The van der Waals surface area contributed by atoms with Gasteiger partial charge in [-0.25, -0.2) is 8.78 Å². The number of fused-ring (bicyclic) bond motifs is 1. The number of halogens is 2. The highest BCUT2D eigenvalue weighted by atomic mass is 19.2. The molecule has 0 saturated carbocycles. The van der Waals surface area contributed by atoms with Crippen LogP contribution in [0.25, 0.3) is 0 Å². The van der Waals surface area contributed by atoms with E-state index in [4.69, 9.17) is 0 Å². The minimum atomic E-state index is -1.02. The summed E-state index contributed by atoms with van der Waals surface area (Å²) in [7, 11) is 1.25. The summed E-state index contributed by atoms with van der Waals surface area (Å²) in [5.41, 5.74) is 2.06. The number of hydrogen-bond acceptors (Lipinski definition) is 4. The maximum Gasteiger partial charge on any atom is 0.307 e. The number of rotatable bonds is 7. The standard InChI is InChI=1S/C23H24F2N2O4/c1-31-23(30)11-12-26(14-16-9-10-18(24)19(25)13-16)22(29)15-27-20-7-3-2-5-17(20)6-4-8-21(27)28/h2-3,5,7,9-10,13H,4,6,8,11-12,14-15H2,1H3. The predicted octanol–water partition coefficient (Wildman–Crippen LogP) is 3.23. The van der Waals surface area contributed by atoms with Crippen molar-refractivity contribution in [2.45, 2.75) is 32.2 Å². The summed E-state index contributed by atoms with van der Waals surface area (Å²) in [5, 5.41) is 0. The zero-order valence-electron chi connectivity index (χ0n) is 17.3. The van der Waals surface area contributed by atoms with Crippen LogP contribution in [0.1, 0.15) is 30.4 Å². The Morgan fingerprint density at radius 2 is 1.87 bits per heavy atom. The fourth-order valence-electron chi connectivity index (χ4n) is 3.57. The van der Waals surface area contributed by atoms with Crippen LogP contribution in [0.4, 0.5) is 14.5 Å². The Balaban J connectivity index is 1.82. The molecule has 0 radical (unpaired) electrons. The highest BCUT2D eigenvalue weighted by Crippen LogP contribution is 2.27. The normalized spacial score (nSPS) is 13.4. The maximum absolute atomic E-state index is 13.6. The first-order valence-electron chi connectivity index (χ1n) is 10.1. The van der Waals surface area contributed by atoms with Gasteiger partial charge in [-0.15, -0.1) is 0 Å². The molecule has 6 nitrogen and oxygen atoms in total. The topological polar surface area (TPSA) is 66.9 Å². The van der Waals surface area contributed by atoms with Gasteiger partial charge in [-0.2, -0.15) is 0 Å². The highest BCUT2D eigenvalue weighted by molar-refractivity contribution is 5.99. The molecule has 3 rings (SSSR count). The molecule has 0 saturated heterocycles. The average molecular weight is 430 g/mol. The van der Waals surface area contributed by atoms with Crippen LogP contribution in [-0.4, -0.2) is 42.9 Å². The molecule has 0 N–H and O–H groups in total. The lowest BCUT2D eigenvalue weighted by Crippen LogP contribution is -2.43. The van der Waals surface area contributed by atoms with Crippen molar-refractivity contribution in [3.8, 4) is 0 Å². The van der Waals surface area contributed by atoms with E-state index in [-0.39, 0.29) is 32.0 Å². The molecule has 8 heteroatoms. The monoisotopic (exact) mass is 430 g/mol. The number of anilines is 1. The predicted molar refractivity (Wildman–Crippen MR) is 110 cm³/mol. The van der Waals surface area contributed by atoms with Gasteiger partial charge in [-0.1, -0.05) is 24.3 Å². The number of methoxy groups -OCH3 is 1. The number of hydrogen-bond donors (Lipinski definition) is 0. The Hall–Kier alpha value is -3.29. The quantitative estimate of drug-likeness (QED) is 0.633. The molecule has 31 heavy (non-hydrogen) atoms. The van der Waals surface area contributed by atoms with Crippen LogP contribution in [0.3, 0.4) is 0 Å². The summed E-state index contributed by atoms with van der Waals surface area (Å²) in [5.74, 6) is -3.06. The van der Waals surface area contributed by atoms with Gasteiger partial charge >= 0.3 is 5.97 Å². The van der Waals surface area contributed by atoms with Gasteiger partial charge in [0.15, 0.2) is 11.6 Å². The van der Waals surface area contributed by atoms with Gasteiger partial charge in [0.2, 0.25) is 11.8 Å². The molecule has 2 amide bonds. The SMILES string of the molecule is COC(=O)CCN(Cc1ccc(F)c(F)c1)C(=O)CN1C(=O)CCCc2ccccc21. The van der Waals surface area contributed by atoms with Gasteiger partial charge < -0.3 is 14.5 Å². The molecular weight excluding hydrogens is 406 g/mol. The van der Waals surface area contributed by atoms with Crippen LogP contribution in [-0.2, 0) is 32.1 Å². The molecule has 1 heterocycles. The third-order valence-corrected chi connectivity index (χ3v) is 5.24. The van der Waals surface area contributed by atoms with Crippen molar-refractivity contribution in [3.05, 3.63) is 65.2 Å². The van der Waals surface area contributed by atoms with Gasteiger partial charge in [-0.05, 0) is 42.2 Å². The summed E-state index contributed by atoms with van der Waals surface area (Å²) in [6.07, 6.45) is 1.71. The average Bonchev–Trinajstić information content (AvgIpc) is 2.92. The molecule has 1 aliphatic heterocycles. The first-order valence-corrected chi connectivity index (χ1v) is 10.1. The van der Waals surface area contributed by atoms with Gasteiger partial charge in [0.25, 0.3) is 0 Å². The molecule has 0 spiro atoms. The molecule has 0 unspecified atom stereocenters. The van der Waals surface area contributed by atoms with Crippen molar-refractivity contribution in [2.75, 3.05) is 25.1 Å². The van der Waals surface area contributed by atoms with E-state index in [1.54, 1.807) is 6.07 Å². The van der Waals surface area contributed by atoms with Gasteiger partial charge in [0.05, 0.1) is 13.5 Å². The highest BCUT2D eigenvalue weighted by Gasteiger charge is 2.26. The summed E-state index contributed by atoms with van der Waals surface area (Å²) in [6.45, 7) is -0.217. The Morgan fingerprint density at radius 3 is 2.61 bits per heavy atom. The number of amides is 2. The minimum absolute atomic E-state index is 0.0220. The number of nitrogens with zero attached hydrogens (tertiary/aromatic N) is 2. The van der Waals surface area contributed by atoms with Gasteiger partial charge in [-0.3, -0.25) is 14.4 Å². The number of ether oxygens (including phenoxy) is 1. The molecule has 2 aromatic carbocycles. The summed E-state index contributed by atoms with van der Waals surface area (Å²) < 4.78 is 31.5. The zero-order chi connectivity index (χ0) is 22.4. The molecule has 0 fully saturated rings. The second-order valence-corrected chi connectivity index (χ2v) is 7.35. The Labute approximate surface area is 179 Å². The lowest BCUT2D eigenvalue weighted by atomic mass is 10.1. The number of esters is 1. The summed E-state index contributed by atoms with van der Waals surface area (Å²) in [6, 6.07) is 10.8. The van der Waals surface area contributed by atoms with E-state index in [1.165, 1.54) is 23.0 Å². The van der Waals surface area contributed by atoms with Crippen LogP contribution < -0.4 is 4.90 Å². The van der Waals surface area contributed by atoms with E-state index < -0.39 is 23.5 Å². The van der Waals surface area contributed by atoms with Crippen LogP contribution in [0.5, 0.6) is 0 Å². The van der Waals surface area contributed by atoms with Crippen LogP contribution in [0.2, 0.25) is 0 Å². The van der Waals surface area contributed by atoms with Crippen molar-refractivity contribution in [2.24, 2.45) is 0 Å². The Bertz CT molecular complexity index is 980. The van der Waals surface area contributed by atoms with Crippen molar-refractivity contribution in [1.29, 1.82) is 0 Å². The number of para-hydroxylation sites is 1.